The third-order valence-corrected chi connectivity index (χ3v) is 8.29. The zero-order valence-electron chi connectivity index (χ0n) is 23.2. The molecule has 0 unspecified atom stereocenters. The average Bonchev–Trinajstić information content (AvgIpc) is 2.97. The molecule has 220 valence electrons. The Hall–Kier alpha value is -3.91. The van der Waals surface area contributed by atoms with Crippen LogP contribution in [0.4, 0.5) is 11.5 Å². The summed E-state index contributed by atoms with van der Waals surface area (Å²) >= 11 is 5.70. The molecule has 2 fully saturated rings. The summed E-state index contributed by atoms with van der Waals surface area (Å²) in [6.07, 6.45) is 6.64. The molecule has 0 aliphatic carbocycles. The first-order chi connectivity index (χ1) is 19.8. The predicted octanol–water partition coefficient (Wildman–Crippen LogP) is 1.74. The van der Waals surface area contributed by atoms with Crippen LogP contribution in [0.25, 0.3) is 0 Å². The van der Waals surface area contributed by atoms with Gasteiger partial charge >= 0.3 is 0 Å². The van der Waals surface area contributed by atoms with Crippen LogP contribution in [-0.2, 0) is 4.79 Å². The van der Waals surface area contributed by atoms with Crippen molar-refractivity contribution in [2.75, 3.05) is 51.1 Å². The van der Waals surface area contributed by atoms with E-state index in [2.05, 4.69) is 36.9 Å². The van der Waals surface area contributed by atoms with Crippen LogP contribution >= 0.6 is 12.2 Å². The maximum atomic E-state index is 12.3. The number of nitrogens with two attached hydrogens (primary N) is 4. The van der Waals surface area contributed by atoms with E-state index in [-0.39, 0.29) is 30.4 Å². The molecule has 3 aliphatic heterocycles. The summed E-state index contributed by atoms with van der Waals surface area (Å²) in [7, 11) is 0. The number of hydrogen-bond acceptors (Lipinski definition) is 8. The minimum absolute atomic E-state index is 0.00857. The van der Waals surface area contributed by atoms with Crippen molar-refractivity contribution in [2.24, 2.45) is 32.9 Å². The summed E-state index contributed by atoms with van der Waals surface area (Å²) < 4.78 is 8.91. The Morgan fingerprint density at radius 1 is 1.02 bits per heavy atom. The number of likely N-dealkylation sites (tertiary alicyclic amines) is 2. The number of amides is 1. The van der Waals surface area contributed by atoms with Crippen LogP contribution in [0.2, 0.25) is 0 Å². The van der Waals surface area contributed by atoms with Gasteiger partial charge in [0.05, 0.1) is 11.9 Å². The average molecular weight is 582 g/mol. The van der Waals surface area contributed by atoms with E-state index in [1.807, 2.05) is 17.2 Å². The lowest BCUT2D eigenvalue weighted by Gasteiger charge is -2.34. The zero-order valence-corrected chi connectivity index (χ0v) is 24.0. The molecule has 13 nitrogen and oxygen atoms in total. The largest absolute Gasteiger partial charge is 0.450 e. The van der Waals surface area contributed by atoms with Crippen molar-refractivity contribution in [2.45, 2.75) is 44.1 Å². The highest BCUT2D eigenvalue weighted by Gasteiger charge is 2.27. The number of aromatic nitrogens is 2. The Labute approximate surface area is 244 Å². The van der Waals surface area contributed by atoms with Gasteiger partial charge in [0, 0.05) is 38.8 Å². The van der Waals surface area contributed by atoms with Gasteiger partial charge in [-0.05, 0) is 74.5 Å². The van der Waals surface area contributed by atoms with Crippen LogP contribution in [-0.4, -0.2) is 83.0 Å². The van der Waals surface area contributed by atoms with Crippen molar-refractivity contribution in [1.82, 2.24) is 19.4 Å². The van der Waals surface area contributed by atoms with E-state index >= 15 is 0 Å². The summed E-state index contributed by atoms with van der Waals surface area (Å²) in [5.74, 6) is 2.42. The van der Waals surface area contributed by atoms with Gasteiger partial charge in [0.25, 0.3) is 0 Å². The number of guanidine groups is 2. The lowest BCUT2D eigenvalue weighted by molar-refractivity contribution is -0.130. The second-order valence-electron chi connectivity index (χ2n) is 10.8. The van der Waals surface area contributed by atoms with Gasteiger partial charge in [-0.25, -0.2) is 4.99 Å². The van der Waals surface area contributed by atoms with Crippen LogP contribution in [0.5, 0.6) is 11.5 Å². The van der Waals surface area contributed by atoms with E-state index in [4.69, 9.17) is 44.9 Å². The highest BCUT2D eigenvalue weighted by atomic mass is 32.1. The maximum Gasteiger partial charge on any atom is 0.244 e. The van der Waals surface area contributed by atoms with Crippen LogP contribution in [0.3, 0.4) is 0 Å². The SMILES string of the molecule is NC(N)=NCCCN1CCC(n2cc3c(nc2=S)Nc2cc(C4CCN(C(=O)CN=C(N)N)CC4)ccc2O3)CC1. The molecule has 0 saturated carbocycles. The molecule has 4 heterocycles. The fourth-order valence-corrected chi connectivity index (χ4v) is 6.05. The summed E-state index contributed by atoms with van der Waals surface area (Å²) in [6, 6.07) is 6.51. The molecule has 14 heteroatoms. The highest BCUT2D eigenvalue weighted by Crippen LogP contribution is 2.43. The van der Waals surface area contributed by atoms with E-state index in [0.29, 0.717) is 41.9 Å². The van der Waals surface area contributed by atoms with Crippen LogP contribution in [0.1, 0.15) is 49.6 Å². The van der Waals surface area contributed by atoms with Crippen LogP contribution in [0.15, 0.2) is 34.4 Å². The van der Waals surface area contributed by atoms with Crippen molar-refractivity contribution in [3.8, 4) is 11.5 Å². The molecule has 2 saturated heterocycles. The number of nitrogens with zero attached hydrogens (tertiary/aromatic N) is 6. The lowest BCUT2D eigenvalue weighted by atomic mass is 9.89. The van der Waals surface area contributed by atoms with Gasteiger partial charge in [-0.3, -0.25) is 9.79 Å². The first-order valence-corrected chi connectivity index (χ1v) is 14.5. The molecule has 1 aromatic carbocycles. The van der Waals surface area contributed by atoms with Gasteiger partial charge in [-0.1, -0.05) is 6.07 Å². The number of carbonyl (C=O) groups is 1. The molecular formula is C27H39N11O2S. The number of piperidine rings is 2. The van der Waals surface area contributed by atoms with Crippen molar-refractivity contribution >= 4 is 41.5 Å². The minimum atomic E-state index is -0.0696. The Balaban J connectivity index is 1.18. The number of fused-ring (bicyclic) bond motifs is 2. The Bertz CT molecular complexity index is 1370. The molecule has 41 heavy (non-hydrogen) atoms. The van der Waals surface area contributed by atoms with Gasteiger partial charge in [0.1, 0.15) is 6.54 Å². The second-order valence-corrected chi connectivity index (χ2v) is 11.1. The van der Waals surface area contributed by atoms with Gasteiger partial charge in [-0.2, -0.15) is 4.98 Å². The highest BCUT2D eigenvalue weighted by molar-refractivity contribution is 7.71. The summed E-state index contributed by atoms with van der Waals surface area (Å²) in [4.78, 5) is 29.2. The van der Waals surface area contributed by atoms with Gasteiger partial charge in [-0.15, -0.1) is 0 Å². The van der Waals surface area contributed by atoms with E-state index in [9.17, 15) is 4.79 Å². The van der Waals surface area contributed by atoms with Crippen molar-refractivity contribution in [1.29, 1.82) is 0 Å². The third kappa shape index (κ3) is 7.06. The molecule has 0 spiro atoms. The minimum Gasteiger partial charge on any atom is -0.450 e. The van der Waals surface area contributed by atoms with E-state index in [1.165, 1.54) is 5.56 Å². The number of carbonyl (C=O) groups excluding carboxylic acids is 1. The lowest BCUT2D eigenvalue weighted by Crippen LogP contribution is -2.39. The van der Waals surface area contributed by atoms with Crippen molar-refractivity contribution < 1.29 is 9.53 Å². The van der Waals surface area contributed by atoms with Crippen molar-refractivity contribution in [3.05, 3.63) is 34.7 Å². The van der Waals surface area contributed by atoms with Crippen LogP contribution < -0.4 is 33.0 Å². The topological polar surface area (TPSA) is 191 Å². The standard InChI is InChI=1S/C27H39N11O2S/c28-25(29)32-8-1-9-36-10-6-19(7-11-36)38-16-22-24(35-27(38)41)34-20-14-18(2-3-21(20)40-22)17-4-12-37(13-5-17)23(39)15-33-26(30)31/h2-3,14,16-17,19H,1,4-13,15H2,(H4,28,29,32)(H4,30,31,33)(H,34,35,41). The number of rotatable bonds is 8. The number of aliphatic imine (C=N–C) groups is 2. The number of benzene rings is 1. The molecule has 2 aromatic rings. The number of ether oxygens (including phenoxy) is 1. The van der Waals surface area contributed by atoms with Gasteiger partial charge < -0.3 is 47.4 Å². The maximum absolute atomic E-state index is 12.3. The number of nitrogens with one attached hydrogen (secondary N) is 1. The van der Waals surface area contributed by atoms with E-state index in [1.54, 1.807) is 0 Å². The summed E-state index contributed by atoms with van der Waals surface area (Å²) in [5.41, 5.74) is 23.6. The van der Waals surface area contributed by atoms with Crippen LogP contribution in [0, 0.1) is 4.77 Å². The first-order valence-electron chi connectivity index (χ1n) is 14.1. The Morgan fingerprint density at radius 2 is 1.76 bits per heavy atom. The monoisotopic (exact) mass is 581 g/mol. The third-order valence-electron chi connectivity index (χ3n) is 7.99. The van der Waals surface area contributed by atoms with E-state index < -0.39 is 0 Å². The Morgan fingerprint density at radius 3 is 2.46 bits per heavy atom. The molecule has 0 bridgehead atoms. The van der Waals surface area contributed by atoms with E-state index in [0.717, 1.165) is 63.2 Å². The number of hydrogen-bond donors (Lipinski definition) is 5. The predicted molar refractivity (Wildman–Crippen MR) is 162 cm³/mol. The normalized spacial score (nSPS) is 17.5. The smallest absolute Gasteiger partial charge is 0.244 e. The molecule has 0 atom stereocenters. The molecule has 1 aromatic heterocycles. The molecule has 5 rings (SSSR count). The second kappa shape index (κ2) is 12.7. The van der Waals surface area contributed by atoms with Gasteiger partial charge in [0.2, 0.25) is 10.7 Å². The number of anilines is 2. The quantitative estimate of drug-likeness (QED) is 0.113. The fraction of sp³-hybridized carbons (Fsp3) is 0.519. The summed E-state index contributed by atoms with van der Waals surface area (Å²) in [5, 5.41) is 3.43. The fourth-order valence-electron chi connectivity index (χ4n) is 5.76. The Kier molecular flexibility index (Phi) is 8.88. The summed E-state index contributed by atoms with van der Waals surface area (Å²) in [6.45, 7) is 4.93. The molecular weight excluding hydrogens is 542 g/mol. The first kappa shape index (κ1) is 28.6. The molecule has 1 amide bonds. The molecule has 0 radical (unpaired) electrons. The molecule has 9 N–H and O–H groups in total. The zero-order chi connectivity index (χ0) is 28.9. The van der Waals surface area contributed by atoms with Gasteiger partial charge in [0.15, 0.2) is 29.2 Å². The van der Waals surface area contributed by atoms with Crippen molar-refractivity contribution in [3.63, 3.8) is 0 Å². The molecule has 3 aliphatic rings.